The third kappa shape index (κ3) is 4.65. The molecule has 0 saturated carbocycles. The van der Waals surface area contributed by atoms with E-state index in [2.05, 4.69) is 16.4 Å². The van der Waals surface area contributed by atoms with Crippen LogP contribution in [-0.2, 0) is 17.4 Å². The van der Waals surface area contributed by atoms with Gasteiger partial charge in [-0.1, -0.05) is 41.4 Å². The molecule has 1 aromatic carbocycles. The predicted molar refractivity (Wildman–Crippen MR) is 106 cm³/mol. The summed E-state index contributed by atoms with van der Waals surface area (Å²) in [6, 6.07) is 17.9. The lowest BCUT2D eigenvalue weighted by Crippen LogP contribution is -2.87. The summed E-state index contributed by atoms with van der Waals surface area (Å²) >= 11 is 6.86. The molecule has 26 heavy (non-hydrogen) atoms. The van der Waals surface area contributed by atoms with Gasteiger partial charge in [0.25, 0.3) is 0 Å². The van der Waals surface area contributed by atoms with Crippen LogP contribution in [0, 0.1) is 11.3 Å². The molecule has 0 radical (unpaired) electrons. The lowest BCUT2D eigenvalue weighted by molar-refractivity contribution is -0.670. The number of hydrogen-bond acceptors (Lipinski definition) is 5. The summed E-state index contributed by atoms with van der Waals surface area (Å²) in [4.78, 5) is 5.42. The maximum absolute atomic E-state index is 9.31. The van der Waals surface area contributed by atoms with Crippen molar-refractivity contribution in [1.82, 2.24) is 4.98 Å². The average Bonchev–Trinajstić information content (AvgIpc) is 3.24. The first-order valence-corrected chi connectivity index (χ1v) is 9.69. The SMILES string of the molecule is C1COCC[NH2+]1.N#Cc1c(-c2cccs2)cc(-c2ccccc2)nc1[S-]. The maximum atomic E-state index is 9.31. The Morgan fingerprint density at radius 2 is 1.88 bits per heavy atom. The third-order valence-electron chi connectivity index (χ3n) is 3.89. The molecular weight excluding hydrogens is 362 g/mol. The number of nitrogens with zero attached hydrogens (tertiary/aromatic N) is 2. The van der Waals surface area contributed by atoms with E-state index in [1.165, 1.54) is 0 Å². The van der Waals surface area contributed by atoms with Gasteiger partial charge in [0.15, 0.2) is 0 Å². The Morgan fingerprint density at radius 3 is 2.42 bits per heavy atom. The molecule has 132 valence electrons. The summed E-state index contributed by atoms with van der Waals surface area (Å²) in [5.41, 5.74) is 3.14. The molecule has 2 aromatic heterocycles. The first-order chi connectivity index (χ1) is 12.8. The van der Waals surface area contributed by atoms with E-state index in [0.717, 1.165) is 48.0 Å². The summed E-state index contributed by atoms with van der Waals surface area (Å²) in [5.74, 6) is 0. The van der Waals surface area contributed by atoms with Gasteiger partial charge < -0.3 is 22.7 Å². The van der Waals surface area contributed by atoms with Crippen LogP contribution >= 0.6 is 11.3 Å². The number of nitriles is 1. The first-order valence-electron chi connectivity index (χ1n) is 8.40. The number of morpholine rings is 1. The van der Waals surface area contributed by atoms with Crippen molar-refractivity contribution >= 4 is 24.0 Å². The summed E-state index contributed by atoms with van der Waals surface area (Å²) < 4.78 is 5.04. The van der Waals surface area contributed by atoms with Gasteiger partial charge in [0.05, 0.1) is 43.6 Å². The maximum Gasteiger partial charge on any atom is 0.0998 e. The second-order valence-electron chi connectivity index (χ2n) is 5.67. The number of nitrogens with two attached hydrogens (primary N) is 1. The van der Waals surface area contributed by atoms with Crippen LogP contribution in [0.1, 0.15) is 5.56 Å². The smallest absolute Gasteiger partial charge is 0.0998 e. The highest BCUT2D eigenvalue weighted by Crippen LogP contribution is 2.32. The van der Waals surface area contributed by atoms with Crippen molar-refractivity contribution in [3.63, 3.8) is 0 Å². The minimum Gasteiger partial charge on any atom is -0.759 e. The van der Waals surface area contributed by atoms with Gasteiger partial charge in [-0.25, -0.2) is 0 Å². The molecule has 0 amide bonds. The molecule has 1 saturated heterocycles. The van der Waals surface area contributed by atoms with Crippen LogP contribution in [0.4, 0.5) is 0 Å². The van der Waals surface area contributed by atoms with Crippen LogP contribution < -0.4 is 5.32 Å². The fourth-order valence-electron chi connectivity index (χ4n) is 2.59. The van der Waals surface area contributed by atoms with E-state index < -0.39 is 0 Å². The van der Waals surface area contributed by atoms with E-state index in [0.29, 0.717) is 10.6 Å². The van der Waals surface area contributed by atoms with E-state index >= 15 is 0 Å². The van der Waals surface area contributed by atoms with E-state index in [-0.39, 0.29) is 0 Å². The molecule has 0 spiro atoms. The zero-order chi connectivity index (χ0) is 18.2. The molecule has 1 aliphatic rings. The van der Waals surface area contributed by atoms with Crippen molar-refractivity contribution in [3.05, 3.63) is 59.5 Å². The minimum absolute atomic E-state index is 0.359. The van der Waals surface area contributed by atoms with E-state index in [4.69, 9.17) is 17.4 Å². The van der Waals surface area contributed by atoms with Gasteiger partial charge in [0.1, 0.15) is 0 Å². The Bertz CT molecular complexity index is 859. The van der Waals surface area contributed by atoms with Crippen molar-refractivity contribution in [2.75, 3.05) is 26.3 Å². The summed E-state index contributed by atoms with van der Waals surface area (Å²) in [5, 5.41) is 13.9. The lowest BCUT2D eigenvalue weighted by atomic mass is 10.0. The Labute approximate surface area is 162 Å². The summed E-state index contributed by atoms with van der Waals surface area (Å²) in [7, 11) is 0. The highest BCUT2D eigenvalue weighted by atomic mass is 32.1. The Kier molecular flexibility index (Phi) is 6.69. The summed E-state index contributed by atoms with van der Waals surface area (Å²) in [6.45, 7) is 4.19. The van der Waals surface area contributed by atoms with Crippen LogP contribution in [0.25, 0.3) is 21.7 Å². The standard InChI is InChI=1S/C16H10N2S2.C4H9NO/c17-10-13-12(15-7-4-8-20-15)9-14(18-16(13)19)11-5-2-1-3-6-11;1-3-6-4-2-5-1/h1-9H,(H,18,19);5H,1-4H2. The molecule has 6 heteroatoms. The molecule has 2 N–H and O–H groups in total. The highest BCUT2D eigenvalue weighted by Gasteiger charge is 2.10. The van der Waals surface area contributed by atoms with Crippen molar-refractivity contribution in [3.8, 4) is 27.8 Å². The van der Waals surface area contributed by atoms with Crippen LogP contribution in [0.5, 0.6) is 0 Å². The van der Waals surface area contributed by atoms with Gasteiger partial charge in [-0.15, -0.1) is 11.3 Å². The van der Waals surface area contributed by atoms with Crippen molar-refractivity contribution in [1.29, 1.82) is 5.26 Å². The van der Waals surface area contributed by atoms with Gasteiger partial charge in [0, 0.05) is 16.0 Å². The first kappa shape index (κ1) is 18.5. The van der Waals surface area contributed by atoms with Gasteiger partial charge in [-0.3, -0.25) is 4.98 Å². The number of ether oxygens (including phenoxy) is 1. The van der Waals surface area contributed by atoms with Crippen molar-refractivity contribution in [2.24, 2.45) is 0 Å². The van der Waals surface area contributed by atoms with Crippen LogP contribution in [-0.4, -0.2) is 31.3 Å². The number of rotatable bonds is 2. The molecule has 3 aromatic rings. The number of thiophene rings is 1. The van der Waals surface area contributed by atoms with E-state index in [9.17, 15) is 5.26 Å². The van der Waals surface area contributed by atoms with Crippen molar-refractivity contribution < 1.29 is 10.1 Å². The van der Waals surface area contributed by atoms with Crippen molar-refractivity contribution in [2.45, 2.75) is 5.03 Å². The number of pyridine rings is 1. The largest absolute Gasteiger partial charge is 0.759 e. The molecule has 4 rings (SSSR count). The van der Waals surface area contributed by atoms with E-state index in [1.54, 1.807) is 11.3 Å². The van der Waals surface area contributed by atoms with Gasteiger partial charge >= 0.3 is 0 Å². The second kappa shape index (κ2) is 9.41. The third-order valence-corrected chi connectivity index (χ3v) is 5.09. The number of benzene rings is 1. The van der Waals surface area contributed by atoms with Crippen LogP contribution in [0.3, 0.4) is 0 Å². The molecule has 0 unspecified atom stereocenters. The van der Waals surface area contributed by atoms with Gasteiger partial charge in [-0.05, 0) is 17.5 Å². The fraction of sp³-hybridized carbons (Fsp3) is 0.200. The number of quaternary nitrogens is 1. The molecule has 1 fully saturated rings. The van der Waals surface area contributed by atoms with Crippen LogP contribution in [0.15, 0.2) is 58.9 Å². The Hall–Kier alpha value is -2.30. The summed E-state index contributed by atoms with van der Waals surface area (Å²) in [6.07, 6.45) is 0. The Balaban J connectivity index is 0.000000278. The highest BCUT2D eigenvalue weighted by molar-refractivity contribution is 7.58. The van der Waals surface area contributed by atoms with Gasteiger partial charge in [0.2, 0.25) is 0 Å². The Morgan fingerprint density at radius 1 is 1.12 bits per heavy atom. The second-order valence-corrected chi connectivity index (χ2v) is 7.00. The molecule has 0 atom stereocenters. The minimum atomic E-state index is 0.359. The molecule has 3 heterocycles. The fourth-order valence-corrected chi connectivity index (χ4v) is 3.60. The number of hydrogen-bond donors (Lipinski definition) is 1. The zero-order valence-electron chi connectivity index (χ0n) is 14.2. The average molecular weight is 382 g/mol. The van der Waals surface area contributed by atoms with E-state index in [1.807, 2.05) is 53.9 Å². The predicted octanol–water partition coefficient (Wildman–Crippen LogP) is 2.83. The number of aromatic nitrogens is 1. The normalized spacial score (nSPS) is 13.3. The molecule has 0 aliphatic carbocycles. The molecule has 0 bridgehead atoms. The molecular formula is C20H19N3OS2. The van der Waals surface area contributed by atoms with Crippen LogP contribution in [0.2, 0.25) is 0 Å². The monoisotopic (exact) mass is 381 g/mol. The molecule has 1 aliphatic heterocycles. The zero-order valence-corrected chi connectivity index (χ0v) is 15.9. The quantitative estimate of drug-likeness (QED) is 0.694. The lowest BCUT2D eigenvalue weighted by Gasteiger charge is -2.14. The molecule has 4 nitrogen and oxygen atoms in total. The topological polar surface area (TPSA) is 62.5 Å². The van der Waals surface area contributed by atoms with Gasteiger partial charge in [-0.2, -0.15) is 5.26 Å².